The van der Waals surface area contributed by atoms with Gasteiger partial charge in [-0.2, -0.15) is 0 Å². The molecular weight excluding hydrogens is 474 g/mol. The molecule has 1 aromatic carbocycles. The van der Waals surface area contributed by atoms with Crippen molar-refractivity contribution in [3.05, 3.63) is 77.2 Å². The van der Waals surface area contributed by atoms with Gasteiger partial charge in [-0.15, -0.1) is 0 Å². The third kappa shape index (κ3) is 5.70. The van der Waals surface area contributed by atoms with E-state index in [1.165, 1.54) is 24.3 Å². The summed E-state index contributed by atoms with van der Waals surface area (Å²) in [5, 5.41) is 2.91. The predicted molar refractivity (Wildman–Crippen MR) is 138 cm³/mol. The number of nitrogens with one attached hydrogen (secondary N) is 1. The molecule has 0 unspecified atom stereocenters. The van der Waals surface area contributed by atoms with Crippen molar-refractivity contribution in [1.29, 1.82) is 0 Å². The first kappa shape index (κ1) is 25.4. The molecule has 194 valence electrons. The highest BCUT2D eigenvalue weighted by molar-refractivity contribution is 6.03. The van der Waals surface area contributed by atoms with E-state index in [1.807, 2.05) is 6.07 Å². The summed E-state index contributed by atoms with van der Waals surface area (Å²) in [7, 11) is 0. The second-order valence-electron chi connectivity index (χ2n) is 10.3. The SMILES string of the molecule is C[C@@H]1C[C@H](N)C[C@H](c2ccncc2NC(=O)c2cccc(-c3c(F)cc(C4CCOCC4)cc3F)n2)C1. The fourth-order valence-corrected chi connectivity index (χ4v) is 5.77. The van der Waals surface area contributed by atoms with Crippen LogP contribution < -0.4 is 11.1 Å². The lowest BCUT2D eigenvalue weighted by Crippen LogP contribution is -2.31. The van der Waals surface area contributed by atoms with Crippen LogP contribution in [0.3, 0.4) is 0 Å². The Labute approximate surface area is 215 Å². The van der Waals surface area contributed by atoms with Crippen LogP contribution in [0.25, 0.3) is 11.3 Å². The van der Waals surface area contributed by atoms with Crippen LogP contribution in [0.5, 0.6) is 0 Å². The lowest BCUT2D eigenvalue weighted by Gasteiger charge is -2.32. The lowest BCUT2D eigenvalue weighted by molar-refractivity contribution is 0.0852. The molecule has 3 N–H and O–H groups in total. The van der Waals surface area contributed by atoms with E-state index in [9.17, 15) is 4.79 Å². The number of rotatable bonds is 5. The minimum Gasteiger partial charge on any atom is -0.381 e. The first-order valence-electron chi connectivity index (χ1n) is 12.9. The molecule has 6 nitrogen and oxygen atoms in total. The molecule has 1 saturated carbocycles. The molecule has 5 rings (SSSR count). The van der Waals surface area contributed by atoms with Gasteiger partial charge in [0.05, 0.1) is 23.1 Å². The van der Waals surface area contributed by atoms with Crippen molar-refractivity contribution in [1.82, 2.24) is 9.97 Å². The monoisotopic (exact) mass is 506 g/mol. The van der Waals surface area contributed by atoms with Crippen molar-refractivity contribution in [2.24, 2.45) is 11.7 Å². The van der Waals surface area contributed by atoms with Crippen molar-refractivity contribution in [3.63, 3.8) is 0 Å². The number of nitrogens with zero attached hydrogens (tertiary/aromatic N) is 2. The van der Waals surface area contributed by atoms with Gasteiger partial charge in [-0.3, -0.25) is 9.78 Å². The van der Waals surface area contributed by atoms with E-state index < -0.39 is 17.5 Å². The van der Waals surface area contributed by atoms with E-state index in [2.05, 4.69) is 22.2 Å². The number of halogens is 2. The topological polar surface area (TPSA) is 90.1 Å². The fourth-order valence-electron chi connectivity index (χ4n) is 5.77. The molecule has 2 aliphatic rings. The van der Waals surface area contributed by atoms with Gasteiger partial charge in [0.25, 0.3) is 5.91 Å². The van der Waals surface area contributed by atoms with Gasteiger partial charge in [0.1, 0.15) is 17.3 Å². The number of anilines is 1. The smallest absolute Gasteiger partial charge is 0.274 e. The molecule has 8 heteroatoms. The first-order valence-corrected chi connectivity index (χ1v) is 12.9. The number of pyridine rings is 2. The molecule has 1 aliphatic carbocycles. The molecule has 0 bridgehead atoms. The Balaban J connectivity index is 1.38. The Morgan fingerprint density at radius 1 is 1.05 bits per heavy atom. The Hall–Kier alpha value is -3.23. The van der Waals surface area contributed by atoms with E-state index >= 15 is 8.78 Å². The summed E-state index contributed by atoms with van der Waals surface area (Å²) in [6, 6.07) is 9.40. The van der Waals surface area contributed by atoms with Crippen LogP contribution in [0, 0.1) is 17.6 Å². The Morgan fingerprint density at radius 2 is 1.81 bits per heavy atom. The molecule has 3 atom stereocenters. The van der Waals surface area contributed by atoms with Crippen molar-refractivity contribution in [2.75, 3.05) is 18.5 Å². The maximum absolute atomic E-state index is 15.1. The fraction of sp³-hybridized carbons (Fsp3) is 0.414. The van der Waals surface area contributed by atoms with E-state index in [4.69, 9.17) is 10.5 Å². The Morgan fingerprint density at radius 3 is 2.54 bits per heavy atom. The zero-order valence-electron chi connectivity index (χ0n) is 20.9. The zero-order chi connectivity index (χ0) is 25.9. The van der Waals surface area contributed by atoms with Gasteiger partial charge in [0.15, 0.2) is 0 Å². The summed E-state index contributed by atoms with van der Waals surface area (Å²) in [6.07, 6.45) is 7.61. The molecule has 1 amide bonds. The maximum atomic E-state index is 15.1. The predicted octanol–water partition coefficient (Wildman–Crippen LogP) is 5.80. The third-order valence-corrected chi connectivity index (χ3v) is 7.52. The van der Waals surface area contributed by atoms with Crippen LogP contribution in [0.4, 0.5) is 14.5 Å². The van der Waals surface area contributed by atoms with Crippen molar-refractivity contribution in [2.45, 2.75) is 56.9 Å². The number of nitrogens with two attached hydrogens (primary N) is 1. The summed E-state index contributed by atoms with van der Waals surface area (Å²) in [4.78, 5) is 21.7. The lowest BCUT2D eigenvalue weighted by atomic mass is 9.76. The van der Waals surface area contributed by atoms with E-state index in [-0.39, 0.29) is 34.8 Å². The molecule has 37 heavy (non-hydrogen) atoms. The second-order valence-corrected chi connectivity index (χ2v) is 10.3. The van der Waals surface area contributed by atoms with Gasteiger partial charge in [-0.05, 0) is 91.3 Å². The van der Waals surface area contributed by atoms with Crippen LogP contribution >= 0.6 is 0 Å². The molecule has 3 aromatic rings. The normalized spacial score (nSPS) is 22.5. The summed E-state index contributed by atoms with van der Waals surface area (Å²) in [5.74, 6) is -1.08. The molecule has 2 fully saturated rings. The summed E-state index contributed by atoms with van der Waals surface area (Å²) in [6.45, 7) is 3.36. The highest BCUT2D eigenvalue weighted by atomic mass is 19.1. The highest BCUT2D eigenvalue weighted by Crippen LogP contribution is 2.38. The number of aromatic nitrogens is 2. The number of carbonyl (C=O) groups is 1. The van der Waals surface area contributed by atoms with E-state index in [1.54, 1.807) is 18.5 Å². The number of ether oxygens (including phenoxy) is 1. The Bertz CT molecular complexity index is 1250. The minimum atomic E-state index is -0.691. The molecule has 3 heterocycles. The van der Waals surface area contributed by atoms with Gasteiger partial charge < -0.3 is 15.8 Å². The minimum absolute atomic E-state index is 0.0623. The highest BCUT2D eigenvalue weighted by Gasteiger charge is 2.28. The quantitative estimate of drug-likeness (QED) is 0.457. The van der Waals surface area contributed by atoms with Crippen molar-refractivity contribution >= 4 is 11.6 Å². The van der Waals surface area contributed by atoms with E-state index in [0.29, 0.717) is 30.4 Å². The number of hydrogen-bond donors (Lipinski definition) is 2. The number of benzene rings is 1. The maximum Gasteiger partial charge on any atom is 0.274 e. The van der Waals surface area contributed by atoms with Gasteiger partial charge in [-0.1, -0.05) is 13.0 Å². The molecular formula is C29H32F2N4O2. The summed E-state index contributed by atoms with van der Waals surface area (Å²) < 4.78 is 35.6. The molecule has 2 aromatic heterocycles. The van der Waals surface area contributed by atoms with Crippen LogP contribution in [-0.2, 0) is 4.74 Å². The van der Waals surface area contributed by atoms with Crippen LogP contribution in [0.1, 0.15) is 72.5 Å². The second kappa shape index (κ2) is 11.0. The standard InChI is InChI=1S/C29H32F2N4O2/c1-17-11-20(13-21(32)12-17)22-5-8-33-16-27(22)35-29(36)26-4-2-3-25(34-26)28-23(30)14-19(15-24(28)31)18-6-9-37-10-7-18/h2-5,8,14-18,20-21H,6-7,9-13,32H2,1H3,(H,35,36)/t17-,20+,21-/m0/s1. The van der Waals surface area contributed by atoms with Crippen LogP contribution in [0.15, 0.2) is 48.8 Å². The molecule has 0 spiro atoms. The van der Waals surface area contributed by atoms with Gasteiger partial charge in [0, 0.05) is 25.5 Å². The third-order valence-electron chi connectivity index (χ3n) is 7.52. The van der Waals surface area contributed by atoms with Crippen molar-refractivity contribution in [3.8, 4) is 11.3 Å². The van der Waals surface area contributed by atoms with Gasteiger partial charge >= 0.3 is 0 Å². The van der Waals surface area contributed by atoms with Crippen LogP contribution in [0.2, 0.25) is 0 Å². The first-order chi connectivity index (χ1) is 17.9. The summed E-state index contributed by atoms with van der Waals surface area (Å²) >= 11 is 0. The summed E-state index contributed by atoms with van der Waals surface area (Å²) in [5.41, 5.74) is 8.37. The zero-order valence-corrected chi connectivity index (χ0v) is 20.9. The van der Waals surface area contributed by atoms with Gasteiger partial charge in [0.2, 0.25) is 0 Å². The van der Waals surface area contributed by atoms with Crippen molar-refractivity contribution < 1.29 is 18.3 Å². The van der Waals surface area contributed by atoms with Crippen LogP contribution in [-0.4, -0.2) is 35.1 Å². The average Bonchev–Trinajstić information content (AvgIpc) is 2.89. The molecule has 1 aliphatic heterocycles. The average molecular weight is 507 g/mol. The number of carbonyl (C=O) groups excluding carboxylic acids is 1. The molecule has 0 radical (unpaired) electrons. The molecule has 1 saturated heterocycles. The number of hydrogen-bond acceptors (Lipinski definition) is 5. The van der Waals surface area contributed by atoms with E-state index in [0.717, 1.165) is 37.7 Å². The number of amides is 1. The van der Waals surface area contributed by atoms with Gasteiger partial charge in [-0.25, -0.2) is 13.8 Å². The largest absolute Gasteiger partial charge is 0.381 e. The Kier molecular flexibility index (Phi) is 7.58.